The molecular formula is C17H20F3N5. The van der Waals surface area contributed by atoms with Crippen molar-refractivity contribution in [3.05, 3.63) is 41.7 Å². The van der Waals surface area contributed by atoms with Gasteiger partial charge in [-0.05, 0) is 31.6 Å². The summed E-state index contributed by atoms with van der Waals surface area (Å²) < 4.78 is 40.6. The molecule has 0 aliphatic heterocycles. The van der Waals surface area contributed by atoms with E-state index in [9.17, 15) is 13.2 Å². The van der Waals surface area contributed by atoms with Crippen LogP contribution in [0.25, 0.3) is 12.3 Å². The number of halogens is 3. The van der Waals surface area contributed by atoms with E-state index < -0.39 is 11.7 Å². The van der Waals surface area contributed by atoms with Crippen molar-refractivity contribution in [3.63, 3.8) is 0 Å². The molecule has 0 saturated carbocycles. The van der Waals surface area contributed by atoms with Gasteiger partial charge in [0.1, 0.15) is 17.2 Å². The fourth-order valence-corrected chi connectivity index (χ4v) is 2.21. The molecule has 134 valence electrons. The number of rotatable bonds is 6. The second-order valence-electron chi connectivity index (χ2n) is 5.14. The number of anilines is 3. The summed E-state index contributed by atoms with van der Waals surface area (Å²) in [5, 5.41) is 5.41. The molecule has 2 heterocycles. The average molecular weight is 351 g/mol. The van der Waals surface area contributed by atoms with Gasteiger partial charge in [-0.25, -0.2) is 4.98 Å². The van der Waals surface area contributed by atoms with Gasteiger partial charge in [0.05, 0.1) is 0 Å². The predicted molar refractivity (Wildman–Crippen MR) is 94.6 cm³/mol. The van der Waals surface area contributed by atoms with Gasteiger partial charge in [0, 0.05) is 25.1 Å². The van der Waals surface area contributed by atoms with E-state index in [2.05, 4.69) is 20.6 Å². The van der Waals surface area contributed by atoms with Crippen molar-refractivity contribution >= 4 is 29.9 Å². The summed E-state index contributed by atoms with van der Waals surface area (Å²) in [6.07, 6.45) is 4.85. The third-order valence-corrected chi connectivity index (χ3v) is 3.34. The molecule has 0 bridgehead atoms. The Bertz CT molecular complexity index is 775. The maximum Gasteiger partial charge on any atom is 0.421 e. The molecule has 2 N–H and O–H groups in total. The molecule has 0 aromatic carbocycles. The monoisotopic (exact) mass is 351 g/mol. The van der Waals surface area contributed by atoms with Gasteiger partial charge in [0.2, 0.25) is 5.95 Å². The molecule has 0 atom stereocenters. The molecule has 0 saturated heterocycles. The predicted octanol–water partition coefficient (Wildman–Crippen LogP) is 5.00. The fraction of sp³-hybridized carbons (Fsp3) is 0.294. The third kappa shape index (κ3) is 4.40. The first-order valence-corrected chi connectivity index (χ1v) is 7.80. The van der Waals surface area contributed by atoms with Crippen molar-refractivity contribution in [1.82, 2.24) is 14.5 Å². The first kappa shape index (κ1) is 18.6. The Labute approximate surface area is 144 Å². The zero-order chi connectivity index (χ0) is 18.4. The number of aromatic nitrogens is 3. The topological polar surface area (TPSA) is 54.8 Å². The number of nitrogens with zero attached hydrogens (tertiary/aromatic N) is 3. The summed E-state index contributed by atoms with van der Waals surface area (Å²) in [6, 6.07) is 3.72. The van der Waals surface area contributed by atoms with E-state index in [0.29, 0.717) is 5.82 Å². The van der Waals surface area contributed by atoms with Crippen LogP contribution in [0.3, 0.4) is 0 Å². The van der Waals surface area contributed by atoms with Crippen LogP contribution in [0.2, 0.25) is 0 Å². The number of hydrogen-bond donors (Lipinski definition) is 2. The molecule has 0 fully saturated rings. The van der Waals surface area contributed by atoms with Gasteiger partial charge < -0.3 is 15.2 Å². The molecule has 5 nitrogen and oxygen atoms in total. The molecule has 0 radical (unpaired) electrons. The summed E-state index contributed by atoms with van der Waals surface area (Å²) in [7, 11) is 1.39. The van der Waals surface area contributed by atoms with Crippen LogP contribution in [0.4, 0.5) is 30.8 Å². The van der Waals surface area contributed by atoms with Crippen LogP contribution in [-0.2, 0) is 6.18 Å². The van der Waals surface area contributed by atoms with E-state index in [1.165, 1.54) is 7.05 Å². The molecule has 0 unspecified atom stereocenters. The lowest BCUT2D eigenvalue weighted by Crippen LogP contribution is -2.13. The Kier molecular flexibility index (Phi) is 5.84. The Balaban J connectivity index is 2.37. The quantitative estimate of drug-likeness (QED) is 0.769. The zero-order valence-corrected chi connectivity index (χ0v) is 14.2. The van der Waals surface area contributed by atoms with Gasteiger partial charge in [-0.1, -0.05) is 19.1 Å². The molecule has 25 heavy (non-hydrogen) atoms. The van der Waals surface area contributed by atoms with Crippen LogP contribution in [0.5, 0.6) is 0 Å². The smallest absolute Gasteiger partial charge is 0.372 e. The number of allylic oxidation sites excluding steroid dienone is 2. The van der Waals surface area contributed by atoms with E-state index in [1.807, 2.05) is 55.0 Å². The summed E-state index contributed by atoms with van der Waals surface area (Å²) in [5.41, 5.74) is 0.0270. The highest BCUT2D eigenvalue weighted by Gasteiger charge is 2.35. The molecule has 0 aliphatic carbocycles. The van der Waals surface area contributed by atoms with E-state index in [4.69, 9.17) is 0 Å². The largest absolute Gasteiger partial charge is 0.421 e. The average Bonchev–Trinajstić information content (AvgIpc) is 2.94. The number of nitrogens with one attached hydrogen (secondary N) is 2. The van der Waals surface area contributed by atoms with Crippen molar-refractivity contribution < 1.29 is 13.2 Å². The van der Waals surface area contributed by atoms with Crippen molar-refractivity contribution in [1.29, 1.82) is 0 Å². The van der Waals surface area contributed by atoms with Crippen LogP contribution in [0.1, 0.15) is 31.5 Å². The van der Waals surface area contributed by atoms with E-state index in [0.717, 1.165) is 18.3 Å². The van der Waals surface area contributed by atoms with Crippen molar-refractivity contribution in [2.75, 3.05) is 17.7 Å². The molecule has 2 aromatic rings. The zero-order valence-electron chi connectivity index (χ0n) is 14.2. The number of alkyl halides is 3. The Morgan fingerprint density at radius 1 is 1.28 bits per heavy atom. The molecule has 2 aromatic heterocycles. The third-order valence-electron chi connectivity index (χ3n) is 3.34. The summed E-state index contributed by atoms with van der Waals surface area (Å²) in [5.74, 6) is 0.447. The lowest BCUT2D eigenvalue weighted by Gasteiger charge is -2.13. The van der Waals surface area contributed by atoms with Crippen LogP contribution in [-0.4, -0.2) is 21.6 Å². The Hall–Kier alpha value is -2.77. The first-order valence-electron chi connectivity index (χ1n) is 7.80. The highest BCUT2D eigenvalue weighted by atomic mass is 19.4. The fourth-order valence-electron chi connectivity index (χ4n) is 2.21. The molecule has 2 rings (SSSR count). The first-order chi connectivity index (χ1) is 11.9. The highest BCUT2D eigenvalue weighted by Crippen LogP contribution is 2.33. The van der Waals surface area contributed by atoms with Gasteiger partial charge in [-0.2, -0.15) is 18.2 Å². The lowest BCUT2D eigenvalue weighted by atomic mass is 10.3. The van der Waals surface area contributed by atoms with Crippen molar-refractivity contribution in [3.8, 4) is 0 Å². The summed E-state index contributed by atoms with van der Waals surface area (Å²) in [6.45, 7) is 3.92. The minimum Gasteiger partial charge on any atom is -0.372 e. The van der Waals surface area contributed by atoms with Gasteiger partial charge in [0.25, 0.3) is 0 Å². The van der Waals surface area contributed by atoms with Gasteiger partial charge >= 0.3 is 6.18 Å². The molecule has 0 spiro atoms. The van der Waals surface area contributed by atoms with Crippen molar-refractivity contribution in [2.45, 2.75) is 26.4 Å². The molecule has 0 aliphatic rings. The van der Waals surface area contributed by atoms with Gasteiger partial charge in [0.15, 0.2) is 0 Å². The van der Waals surface area contributed by atoms with Crippen LogP contribution < -0.4 is 10.6 Å². The van der Waals surface area contributed by atoms with Crippen LogP contribution in [0, 0.1) is 0 Å². The maximum atomic E-state index is 12.9. The van der Waals surface area contributed by atoms with Crippen LogP contribution in [0.15, 0.2) is 30.5 Å². The minimum absolute atomic E-state index is 0.0761. The normalized spacial score (nSPS) is 12.2. The van der Waals surface area contributed by atoms with Crippen molar-refractivity contribution in [2.24, 2.45) is 0 Å². The standard InChI is InChI=1S/C17H20F3N5/c1-4-6-7-12-8-9-14(25(12)10-5-2)23-16-22-11-13(17(18,19)20)15(21-3)24-16/h5-11H,4H2,1-3H3,(H2,21,22,23,24)/b7-6+,10-5-. The molecule has 0 amide bonds. The maximum absolute atomic E-state index is 12.9. The SMILES string of the molecule is C/C=C\n1c(/C=C/CC)ccc1Nc1ncc(C(F)(F)F)c(NC)n1. The Morgan fingerprint density at radius 2 is 2.04 bits per heavy atom. The summed E-state index contributed by atoms with van der Waals surface area (Å²) >= 11 is 0. The number of hydrogen-bond acceptors (Lipinski definition) is 4. The second kappa shape index (κ2) is 7.87. The van der Waals surface area contributed by atoms with E-state index in [-0.39, 0.29) is 11.8 Å². The minimum atomic E-state index is -4.51. The van der Waals surface area contributed by atoms with Gasteiger partial charge in [-0.15, -0.1) is 0 Å². The van der Waals surface area contributed by atoms with Gasteiger partial charge in [-0.3, -0.25) is 0 Å². The summed E-state index contributed by atoms with van der Waals surface area (Å²) in [4.78, 5) is 7.70. The van der Waals surface area contributed by atoms with Crippen LogP contribution >= 0.6 is 0 Å². The lowest BCUT2D eigenvalue weighted by molar-refractivity contribution is -0.137. The highest BCUT2D eigenvalue weighted by molar-refractivity contribution is 5.62. The van der Waals surface area contributed by atoms with E-state index >= 15 is 0 Å². The second-order valence-corrected chi connectivity index (χ2v) is 5.14. The molecular weight excluding hydrogens is 331 g/mol. The Morgan fingerprint density at radius 3 is 2.64 bits per heavy atom. The van der Waals surface area contributed by atoms with E-state index in [1.54, 1.807) is 0 Å². The molecule has 8 heteroatoms.